The van der Waals surface area contributed by atoms with Crippen LogP contribution in [0.2, 0.25) is 0 Å². The quantitative estimate of drug-likeness (QED) is 0.173. The molecule has 288 valence electrons. The van der Waals surface area contributed by atoms with Crippen molar-refractivity contribution in [2.24, 2.45) is 0 Å². The molecule has 0 saturated carbocycles. The number of nitrogens with one attached hydrogen (secondary N) is 2. The van der Waals surface area contributed by atoms with Crippen LogP contribution in [0.15, 0.2) is 200 Å². The molecule has 4 heterocycles. The molecule has 10 aromatic rings. The van der Waals surface area contributed by atoms with Gasteiger partial charge in [0.15, 0.2) is 10.6 Å². The molecule has 6 nitrogen and oxygen atoms in total. The second-order valence-corrected chi connectivity index (χ2v) is 22.0. The van der Waals surface area contributed by atoms with E-state index < -0.39 is 25.3 Å². The van der Waals surface area contributed by atoms with Gasteiger partial charge in [-0.1, -0.05) is 164 Å². The van der Waals surface area contributed by atoms with Gasteiger partial charge in [-0.25, -0.2) is 4.98 Å². The normalized spacial score (nSPS) is 23.4. The van der Waals surface area contributed by atoms with E-state index in [4.69, 9.17) is 9.29 Å². The Morgan fingerprint density at radius 3 is 1.45 bits per heavy atom. The minimum Gasteiger partial charge on any atom is -0.364 e. The number of aromatic nitrogens is 1. The van der Waals surface area contributed by atoms with E-state index in [9.17, 15) is 0 Å². The molecule has 0 amide bonds. The minimum atomic E-state index is -3.92. The monoisotopic (exact) mass is 831 g/mol. The number of para-hydroxylation sites is 3. The summed E-state index contributed by atoms with van der Waals surface area (Å²) in [5.41, 5.74) is 6.65. The Morgan fingerprint density at radius 2 is 0.883 bits per heavy atom. The van der Waals surface area contributed by atoms with Gasteiger partial charge in [-0.05, 0) is 79.8 Å². The zero-order valence-corrected chi connectivity index (χ0v) is 34.9. The second-order valence-electron chi connectivity index (χ2n) is 15.6. The molecule has 1 aromatic heterocycles. The molecule has 3 aliphatic heterocycles. The summed E-state index contributed by atoms with van der Waals surface area (Å²) in [4.78, 5) is 4.80. The topological polar surface area (TPSA) is 80.3 Å². The lowest BCUT2D eigenvalue weighted by Gasteiger charge is -2.44. The van der Waals surface area contributed by atoms with Crippen LogP contribution in [0.1, 0.15) is 11.1 Å². The summed E-state index contributed by atoms with van der Waals surface area (Å²) in [6, 6.07) is 66.9. The summed E-state index contributed by atoms with van der Waals surface area (Å²) in [5.74, 6) is 0. The Kier molecular flexibility index (Phi) is 7.80. The maximum absolute atomic E-state index is 16.0. The third-order valence-electron chi connectivity index (χ3n) is 12.5. The number of rotatable bonds is 3. The molecule has 1 fully saturated rings. The SMILES string of the molecule is O=[P@@]12O[P@@]3(=O)c4ccccc4N[C@@]3(c3cccc4ccccc34)[C@]1(c1cccc3ccccc13)Nc1ccccc12.c1ccc2c(-c3nc4ccccc4[pH]3)cccc2c1. The van der Waals surface area contributed by atoms with Crippen molar-refractivity contribution in [3.63, 3.8) is 0 Å². The van der Waals surface area contributed by atoms with Crippen LogP contribution in [0.25, 0.3) is 53.9 Å². The zero-order valence-electron chi connectivity index (χ0n) is 32.1. The molecule has 0 spiro atoms. The average molecular weight is 832 g/mol. The van der Waals surface area contributed by atoms with E-state index >= 15 is 9.13 Å². The standard InChI is InChI=1S/C34H24N2O3P2.C17H12NP/c37-40-31-21-7-5-19-29(31)35-33(40,27-17-9-13-23-11-1-3-15-25(23)27)34(28-18-10-14-24-12-2-4-16-26(24)28)36-30-20-6-8-22-32(30)41(34,38)39-40;1-2-8-13-12(6-1)7-5-9-14(13)17-18-15-10-3-4-11-16(15)19-17/h1-22,35-36H;1-11,19H/t33-,34-,40+,41+;/m1./s1. The van der Waals surface area contributed by atoms with E-state index in [2.05, 4.69) is 114 Å². The van der Waals surface area contributed by atoms with Gasteiger partial charge in [0.05, 0.1) is 21.6 Å². The lowest BCUT2D eigenvalue weighted by Crippen LogP contribution is -2.52. The van der Waals surface area contributed by atoms with Crippen molar-refractivity contribution in [3.8, 4) is 11.0 Å². The molecule has 2 N–H and O–H groups in total. The van der Waals surface area contributed by atoms with Crippen LogP contribution in [-0.2, 0) is 24.0 Å². The molecule has 9 heteroatoms. The number of hydrogen-bond acceptors (Lipinski definition) is 6. The van der Waals surface area contributed by atoms with Crippen molar-refractivity contribution in [1.82, 2.24) is 4.98 Å². The molecule has 3 aliphatic rings. The van der Waals surface area contributed by atoms with Crippen LogP contribution in [0.3, 0.4) is 0 Å². The number of hydrogen-bond donors (Lipinski definition) is 2. The Bertz CT molecular complexity index is 3290. The van der Waals surface area contributed by atoms with Gasteiger partial charge in [0, 0.05) is 22.1 Å². The van der Waals surface area contributed by atoms with Crippen LogP contribution in [0.5, 0.6) is 0 Å². The highest BCUT2D eigenvalue weighted by Gasteiger charge is 2.85. The lowest BCUT2D eigenvalue weighted by atomic mass is 9.86. The summed E-state index contributed by atoms with van der Waals surface area (Å²) >= 11 is 0. The number of anilines is 2. The molecular weight excluding hydrogens is 796 g/mol. The minimum absolute atomic E-state index is 0.566. The highest BCUT2D eigenvalue weighted by molar-refractivity contribution is 7.85. The number of benzene rings is 9. The van der Waals surface area contributed by atoms with Gasteiger partial charge in [-0.2, -0.15) is 0 Å². The predicted octanol–water partition coefficient (Wildman–Crippen LogP) is 13.2. The Balaban J connectivity index is 0.000000170. The van der Waals surface area contributed by atoms with E-state index in [1.165, 1.54) is 26.9 Å². The maximum Gasteiger partial charge on any atom is 0.272 e. The van der Waals surface area contributed by atoms with E-state index in [-0.39, 0.29) is 0 Å². The van der Waals surface area contributed by atoms with Crippen molar-refractivity contribution in [2.45, 2.75) is 10.6 Å². The van der Waals surface area contributed by atoms with E-state index in [1.807, 2.05) is 97.1 Å². The van der Waals surface area contributed by atoms with Gasteiger partial charge in [-0.3, -0.25) is 13.4 Å². The average Bonchev–Trinajstić information content (AvgIpc) is 3.97. The van der Waals surface area contributed by atoms with E-state index in [1.54, 1.807) is 0 Å². The molecule has 0 aliphatic carbocycles. The fourth-order valence-corrected chi connectivity index (χ4v) is 19.9. The molecule has 1 saturated heterocycles. The zero-order chi connectivity index (χ0) is 40.1. The van der Waals surface area contributed by atoms with Gasteiger partial charge in [-0.15, -0.1) is 8.19 Å². The molecule has 9 aromatic carbocycles. The fourth-order valence-electron chi connectivity index (χ4n) is 9.99. The first-order valence-corrected chi connectivity index (χ1v) is 24.3. The molecule has 13 rings (SSSR count). The molecule has 0 radical (unpaired) electrons. The molecule has 0 bridgehead atoms. The smallest absolute Gasteiger partial charge is 0.272 e. The number of nitrogens with zero attached hydrogens (tertiary/aromatic N) is 1. The van der Waals surface area contributed by atoms with Crippen molar-refractivity contribution < 1.29 is 13.4 Å². The van der Waals surface area contributed by atoms with Crippen LogP contribution in [0.4, 0.5) is 11.4 Å². The van der Waals surface area contributed by atoms with Crippen LogP contribution < -0.4 is 21.2 Å². The summed E-state index contributed by atoms with van der Waals surface area (Å²) in [6.45, 7) is 0. The van der Waals surface area contributed by atoms with Gasteiger partial charge in [0.25, 0.3) is 14.7 Å². The Labute approximate surface area is 348 Å². The van der Waals surface area contributed by atoms with Crippen LogP contribution in [0, 0.1) is 0 Å². The van der Waals surface area contributed by atoms with Crippen LogP contribution >= 0.6 is 22.9 Å². The lowest BCUT2D eigenvalue weighted by molar-refractivity contribution is 0.481. The van der Waals surface area contributed by atoms with Crippen molar-refractivity contribution >= 4 is 87.9 Å². The summed E-state index contributed by atoms with van der Waals surface area (Å²) in [6.07, 6.45) is 0. The molecular formula is C51H36N3O3P3. The Morgan fingerprint density at radius 1 is 0.450 bits per heavy atom. The van der Waals surface area contributed by atoms with Crippen molar-refractivity contribution in [3.05, 3.63) is 211 Å². The van der Waals surface area contributed by atoms with Gasteiger partial charge in [0.1, 0.15) is 0 Å². The Hall–Kier alpha value is -6.25. The first-order valence-electron chi connectivity index (χ1n) is 20.0. The summed E-state index contributed by atoms with van der Waals surface area (Å²) in [7, 11) is -7.18. The van der Waals surface area contributed by atoms with E-state index in [0.717, 1.165) is 49.6 Å². The van der Waals surface area contributed by atoms with Gasteiger partial charge >= 0.3 is 0 Å². The van der Waals surface area contributed by atoms with E-state index in [0.29, 0.717) is 18.8 Å². The largest absolute Gasteiger partial charge is 0.364 e. The second kappa shape index (κ2) is 13.1. The maximum atomic E-state index is 16.0. The van der Waals surface area contributed by atoms with Gasteiger partial charge < -0.3 is 10.6 Å². The highest BCUT2D eigenvalue weighted by atomic mass is 31.2. The predicted molar refractivity (Wildman–Crippen MR) is 251 cm³/mol. The van der Waals surface area contributed by atoms with Crippen molar-refractivity contribution in [2.75, 3.05) is 10.6 Å². The fraction of sp³-hybridized carbons (Fsp3) is 0.0392. The summed E-state index contributed by atoms with van der Waals surface area (Å²) in [5, 5.41) is 13.6. The third-order valence-corrected chi connectivity index (χ3v) is 21.0. The van der Waals surface area contributed by atoms with Crippen LogP contribution in [-0.4, -0.2) is 4.98 Å². The first kappa shape index (κ1) is 35.7. The summed E-state index contributed by atoms with van der Waals surface area (Å²) < 4.78 is 38.9. The molecule has 60 heavy (non-hydrogen) atoms. The van der Waals surface area contributed by atoms with Gasteiger partial charge in [0.2, 0.25) is 0 Å². The van der Waals surface area contributed by atoms with Crippen molar-refractivity contribution in [1.29, 1.82) is 0 Å². The third kappa shape index (κ3) is 4.68. The first-order chi connectivity index (χ1) is 29.5. The molecule has 1 unspecified atom stereocenters. The highest BCUT2D eigenvalue weighted by Crippen LogP contribution is 2.94. The number of fused-ring (bicyclic) bond motifs is 11. The molecule has 5 atom stereocenters.